The molecular weight excluding hydrogens is 610 g/mol. The van der Waals surface area contributed by atoms with Gasteiger partial charge in [0.2, 0.25) is 0 Å². The quantitative estimate of drug-likeness (QED) is 0.151. The Morgan fingerprint density at radius 2 is 0.659 bits per heavy atom. The number of hydrogen-bond acceptors (Lipinski definition) is 0. The van der Waals surface area contributed by atoms with Crippen molar-refractivity contribution in [3.63, 3.8) is 0 Å². The van der Waals surface area contributed by atoms with Crippen molar-refractivity contribution in [2.75, 3.05) is 0 Å². The van der Waals surface area contributed by atoms with Crippen LogP contribution in [0.2, 0.25) is 29.0 Å². The average Bonchev–Trinajstić information content (AvgIpc) is 3.97. The van der Waals surface area contributed by atoms with Crippen LogP contribution in [0, 0.1) is 0 Å². The minimum absolute atomic E-state index is 0.0296. The Balaban J connectivity index is 1.02. The van der Waals surface area contributed by atoms with Gasteiger partial charge in [-0.05, 0) is 0 Å². The molecule has 10 aliphatic rings. The van der Waals surface area contributed by atoms with E-state index in [4.69, 9.17) is 0 Å². The van der Waals surface area contributed by atoms with E-state index in [1.165, 1.54) is 53.7 Å². The molecule has 14 rings (SSSR count). The number of fused-ring (bicyclic) bond motifs is 10. The van der Waals surface area contributed by atoms with Crippen LogP contribution in [0.25, 0.3) is 0 Å². The predicted octanol–water partition coefficient (Wildman–Crippen LogP) is 11.0. The Bertz CT molecular complexity index is 1970. The summed E-state index contributed by atoms with van der Waals surface area (Å²) in [6.45, 7) is 0. The van der Waals surface area contributed by atoms with Crippen LogP contribution < -0.4 is 0 Å². The van der Waals surface area contributed by atoms with E-state index in [-0.39, 0.29) is 15.8 Å². The van der Waals surface area contributed by atoms with Crippen LogP contribution in [0.1, 0.15) is 22.3 Å². The third-order valence-corrected chi connectivity index (χ3v) is 146. The van der Waals surface area contributed by atoms with E-state index in [1.807, 2.05) is 0 Å². The second-order valence-corrected chi connectivity index (χ2v) is 79.0. The van der Waals surface area contributed by atoms with Crippen LogP contribution in [0.15, 0.2) is 121 Å². The zero-order valence-electron chi connectivity index (χ0n) is 23.4. The molecule has 4 aromatic rings. The van der Waals surface area contributed by atoms with Gasteiger partial charge in [-0.25, -0.2) is 0 Å². The van der Waals surface area contributed by atoms with Crippen LogP contribution in [-0.2, 0) is 36.0 Å². The third-order valence-electron chi connectivity index (χ3n) is 26.1. The molecule has 4 unspecified atom stereocenters. The summed E-state index contributed by atoms with van der Waals surface area (Å²) in [7, 11) is -0.0592. The molecule has 10 aliphatic heterocycles. The summed E-state index contributed by atoms with van der Waals surface area (Å²) in [4.78, 5) is 0. The molecule has 0 aromatic heterocycles. The molecule has 0 saturated carbocycles. The molecule has 10 saturated heterocycles. The standard InChI is InChI=1S/C33H31P2.C5H5.Zr/c1-5-14-28(15-6-1)24-34(25-29-16-7-2-8-17-29)32-22-13-23-33(32)35(26-30-18-9-3-10-19-30)27-31-20-11-4-12-21-31;1-2-4-5-3-1;/h1-23H,24-27H2;1-5H;. The molecule has 3 heteroatoms. The maximum atomic E-state index is 2.48. The molecule has 41 heavy (non-hydrogen) atoms. The van der Waals surface area contributed by atoms with Gasteiger partial charge in [-0.2, -0.15) is 0 Å². The molecule has 4 atom stereocenters. The first kappa shape index (κ1) is 21.3. The summed E-state index contributed by atoms with van der Waals surface area (Å²) < 4.78 is 12.9. The number of hydrogen-bond donors (Lipinski definition) is 0. The Kier molecular flexibility index (Phi) is 1.92. The van der Waals surface area contributed by atoms with Gasteiger partial charge in [-0.3, -0.25) is 0 Å². The first-order valence-electron chi connectivity index (χ1n) is 16.7. The van der Waals surface area contributed by atoms with E-state index in [0.29, 0.717) is 0 Å². The summed E-state index contributed by atoms with van der Waals surface area (Å²) in [5, 5.41) is 0. The van der Waals surface area contributed by atoms with Gasteiger partial charge < -0.3 is 0 Å². The van der Waals surface area contributed by atoms with E-state index >= 15 is 0 Å². The van der Waals surface area contributed by atoms with E-state index in [1.54, 1.807) is 22.3 Å². The van der Waals surface area contributed by atoms with Crippen molar-refractivity contribution < 1.29 is 11.4 Å². The zero-order chi connectivity index (χ0) is 26.4. The molecule has 0 aliphatic carbocycles. The van der Waals surface area contributed by atoms with Gasteiger partial charge in [0.1, 0.15) is 0 Å². The van der Waals surface area contributed by atoms with Crippen molar-refractivity contribution >= 4 is 15.8 Å². The van der Waals surface area contributed by atoms with Gasteiger partial charge in [0.05, 0.1) is 0 Å². The molecule has 10 heterocycles. The molecule has 202 valence electrons. The summed E-state index contributed by atoms with van der Waals surface area (Å²) in [6.07, 6.45) is 5.64. The van der Waals surface area contributed by atoms with Crippen molar-refractivity contribution in [1.29, 1.82) is 0 Å². The molecule has 4 aromatic carbocycles. The van der Waals surface area contributed by atoms with Gasteiger partial charge in [-0.15, -0.1) is 0 Å². The Morgan fingerprint density at radius 1 is 0.390 bits per heavy atom. The molecule has 0 radical (unpaired) electrons. The second-order valence-electron chi connectivity index (χ2n) is 20.4. The van der Waals surface area contributed by atoms with Crippen molar-refractivity contribution in [2.45, 2.75) is 59.4 Å². The molecule has 0 N–H and O–H groups in total. The summed E-state index contributed by atoms with van der Waals surface area (Å²) >= 11 is -4.32. The van der Waals surface area contributed by atoms with Crippen LogP contribution in [0.5, 0.6) is 0 Å². The summed E-state index contributed by atoms with van der Waals surface area (Å²) in [6, 6.07) is 47.4. The van der Waals surface area contributed by atoms with Crippen LogP contribution in [-0.4, -0.2) is 5.73 Å². The zero-order valence-corrected chi connectivity index (χ0v) is 27.6. The fourth-order valence-electron chi connectivity index (χ4n) is 30.0. The number of benzene rings is 4. The maximum absolute atomic E-state index is 4.32. The molecule has 1 spiro atoms. The van der Waals surface area contributed by atoms with Crippen molar-refractivity contribution in [1.82, 2.24) is 0 Å². The second kappa shape index (κ2) is 3.70. The normalized spacial score (nSPS) is 58.1. The Morgan fingerprint density at radius 3 is 0.878 bits per heavy atom. The van der Waals surface area contributed by atoms with E-state index < -0.39 is 11.4 Å². The minimum atomic E-state index is -4.32. The third kappa shape index (κ3) is 0.635. The van der Waals surface area contributed by atoms with Crippen LogP contribution in [0.3, 0.4) is 0 Å². The Labute approximate surface area is 228 Å². The first-order chi connectivity index (χ1) is 20.0. The van der Waals surface area contributed by atoms with Gasteiger partial charge in [0.25, 0.3) is 0 Å². The van der Waals surface area contributed by atoms with Crippen LogP contribution in [0.4, 0.5) is 0 Å². The molecule has 0 nitrogen and oxygen atoms in total. The van der Waals surface area contributed by atoms with Gasteiger partial charge in [-0.1, -0.05) is 0 Å². The SMILES string of the molecule is c1ccc(CP(Cc2ccccc2)[C]23[CH]4[CH]5[CH]6[C]2(P(Cc2ccccc2)Cc2ccccc2)[Zr]54632789[CH]3[CH]2[CH]7[CH]8[CH]39)cc1. The topological polar surface area (TPSA) is 0 Å². The number of rotatable bonds is 10. The molecule has 0 amide bonds. The van der Waals surface area contributed by atoms with Crippen molar-refractivity contribution in [3.8, 4) is 0 Å². The monoisotopic (exact) mass is 644 g/mol. The van der Waals surface area contributed by atoms with Gasteiger partial charge in [0, 0.05) is 0 Å². The summed E-state index contributed by atoms with van der Waals surface area (Å²) in [5.41, 5.74) is 6.62. The van der Waals surface area contributed by atoms with Crippen molar-refractivity contribution in [3.05, 3.63) is 144 Å². The van der Waals surface area contributed by atoms with Gasteiger partial charge in [0.15, 0.2) is 0 Å². The molecule has 10 fully saturated rings. The first-order valence-corrected chi connectivity index (χ1v) is 34.0. The fourth-order valence-corrected chi connectivity index (χ4v) is 318. The van der Waals surface area contributed by atoms with Gasteiger partial charge >= 0.3 is 230 Å². The van der Waals surface area contributed by atoms with E-state index in [2.05, 4.69) is 121 Å². The van der Waals surface area contributed by atoms with Crippen molar-refractivity contribution in [2.24, 2.45) is 0 Å². The van der Waals surface area contributed by atoms with E-state index in [0.717, 1.165) is 5.73 Å². The van der Waals surface area contributed by atoms with E-state index in [9.17, 15) is 0 Å². The molecule has 0 bridgehead atoms. The average molecular weight is 646 g/mol. The Hall–Kier alpha value is -1.38. The van der Waals surface area contributed by atoms with Crippen LogP contribution >= 0.6 is 15.8 Å². The fraction of sp³-hybridized carbons (Fsp3) is 0.368. The summed E-state index contributed by atoms with van der Waals surface area (Å²) in [5.74, 6) is 0. The molecular formula is C38H36P2Zr. The predicted molar refractivity (Wildman–Crippen MR) is 170 cm³/mol.